The van der Waals surface area contributed by atoms with Crippen LogP contribution in [0, 0.1) is 35.5 Å². The predicted octanol–water partition coefficient (Wildman–Crippen LogP) is 5.76. The Labute approximate surface area is 193 Å². The van der Waals surface area contributed by atoms with Gasteiger partial charge in [-0.05, 0) is 58.8 Å². The molecule has 166 valence electrons. The van der Waals surface area contributed by atoms with Crippen molar-refractivity contribution in [1.29, 1.82) is 0 Å². The Bertz CT molecular complexity index is 958. The molecule has 0 aromatic heterocycles. The Kier molecular flexibility index (Phi) is 7.36. The Hall–Kier alpha value is -2.52. The molecule has 0 spiro atoms. The third kappa shape index (κ3) is 4.94. The summed E-state index contributed by atoms with van der Waals surface area (Å²) >= 11 is 0. The molecule has 2 nitrogen and oxygen atoms in total. The first kappa shape index (κ1) is 22.7. The first-order chi connectivity index (χ1) is 15.6. The molecule has 0 amide bonds. The van der Waals surface area contributed by atoms with E-state index < -0.39 is 0 Å². The Morgan fingerprint density at radius 2 is 1.09 bits per heavy atom. The normalized spacial score (nSPS) is 23.3. The second-order valence-electron chi connectivity index (χ2n) is 9.65. The maximum absolute atomic E-state index is 6.15. The minimum Gasteiger partial charge on any atom is -0.365 e. The summed E-state index contributed by atoms with van der Waals surface area (Å²) in [4.78, 5) is 0. The van der Waals surface area contributed by atoms with Crippen LogP contribution in [-0.4, -0.2) is 25.4 Å². The topological polar surface area (TPSA) is 18.5 Å². The summed E-state index contributed by atoms with van der Waals surface area (Å²) in [6.07, 6.45) is 2.35. The minimum absolute atomic E-state index is 0.204. The first-order valence-electron chi connectivity index (χ1n) is 11.9. The van der Waals surface area contributed by atoms with E-state index >= 15 is 0 Å². The van der Waals surface area contributed by atoms with Crippen LogP contribution < -0.4 is 0 Å². The van der Waals surface area contributed by atoms with Gasteiger partial charge in [0.05, 0.1) is 12.2 Å². The lowest BCUT2D eigenvalue weighted by molar-refractivity contribution is 0.0536. The number of hydrogen-bond acceptors (Lipinski definition) is 2. The second-order valence-corrected chi connectivity index (χ2v) is 9.65. The zero-order valence-electron chi connectivity index (χ0n) is 19.7. The van der Waals surface area contributed by atoms with Crippen LogP contribution in [0.5, 0.6) is 0 Å². The molecule has 0 fully saturated rings. The van der Waals surface area contributed by atoms with Gasteiger partial charge in [0.25, 0.3) is 0 Å². The van der Waals surface area contributed by atoms with Gasteiger partial charge in [0.15, 0.2) is 0 Å². The van der Waals surface area contributed by atoms with E-state index in [2.05, 4.69) is 99.9 Å². The minimum atomic E-state index is 0.204. The van der Waals surface area contributed by atoms with Crippen molar-refractivity contribution in [3.05, 3.63) is 70.8 Å². The fourth-order valence-electron chi connectivity index (χ4n) is 5.54. The zero-order chi connectivity index (χ0) is 22.5. The number of rotatable bonds is 6. The fraction of sp³-hybridized carbons (Fsp3) is 0.467. The summed E-state index contributed by atoms with van der Waals surface area (Å²) in [6.45, 7) is 9.93. The molecule has 4 rings (SSSR count). The molecule has 2 aliphatic rings. The van der Waals surface area contributed by atoms with Crippen LogP contribution in [0.1, 0.15) is 61.8 Å². The van der Waals surface area contributed by atoms with Gasteiger partial charge in [0.1, 0.15) is 13.2 Å². The number of benzene rings is 2. The highest BCUT2D eigenvalue weighted by Crippen LogP contribution is 2.40. The van der Waals surface area contributed by atoms with Crippen LogP contribution in [-0.2, 0) is 22.3 Å². The molecule has 2 heteroatoms. The van der Waals surface area contributed by atoms with Gasteiger partial charge in [-0.3, -0.25) is 0 Å². The molecule has 4 atom stereocenters. The molecule has 0 heterocycles. The first-order valence-corrected chi connectivity index (χ1v) is 11.9. The van der Waals surface area contributed by atoms with E-state index in [-0.39, 0.29) is 12.2 Å². The standard InChI is InChI=1S/C30H34O2/c1-21(2)29-25-15-9-7-13-23(25)19-27(29)31-17-11-5-6-12-18-32-28-20-24-14-8-10-16-26(24)30(28)22(3)4/h7-10,13-16,21-22,27-30H,17-20H2,1-4H3/t27-,28-,29+,30?/m1/s1. The van der Waals surface area contributed by atoms with Gasteiger partial charge in [-0.2, -0.15) is 0 Å². The van der Waals surface area contributed by atoms with Gasteiger partial charge in [0.2, 0.25) is 0 Å². The van der Waals surface area contributed by atoms with Gasteiger partial charge < -0.3 is 9.47 Å². The molecule has 0 aliphatic heterocycles. The molecule has 32 heavy (non-hydrogen) atoms. The quantitative estimate of drug-likeness (QED) is 0.547. The van der Waals surface area contributed by atoms with Gasteiger partial charge in [-0.15, -0.1) is 0 Å². The van der Waals surface area contributed by atoms with Crippen molar-refractivity contribution in [2.75, 3.05) is 13.2 Å². The van der Waals surface area contributed by atoms with E-state index in [0.29, 0.717) is 36.9 Å². The molecular formula is C30H34O2. The molecule has 2 aliphatic carbocycles. The summed E-state index contributed by atoms with van der Waals surface area (Å²) in [6, 6.07) is 17.4. The van der Waals surface area contributed by atoms with E-state index in [9.17, 15) is 0 Å². The van der Waals surface area contributed by atoms with E-state index in [0.717, 1.165) is 12.8 Å². The number of ether oxygens (including phenoxy) is 2. The highest BCUT2D eigenvalue weighted by Gasteiger charge is 2.35. The van der Waals surface area contributed by atoms with Gasteiger partial charge in [-0.1, -0.05) is 88.1 Å². The van der Waals surface area contributed by atoms with Gasteiger partial charge >= 0.3 is 0 Å². The summed E-state index contributed by atoms with van der Waals surface area (Å²) in [5.74, 6) is 14.0. The van der Waals surface area contributed by atoms with Crippen LogP contribution in [0.2, 0.25) is 0 Å². The van der Waals surface area contributed by atoms with E-state index in [4.69, 9.17) is 9.47 Å². The largest absolute Gasteiger partial charge is 0.365 e. The Morgan fingerprint density at radius 3 is 1.50 bits per heavy atom. The lowest BCUT2D eigenvalue weighted by atomic mass is 9.88. The molecular weight excluding hydrogens is 392 g/mol. The molecule has 2 aromatic carbocycles. The maximum atomic E-state index is 6.15. The molecule has 0 N–H and O–H groups in total. The van der Waals surface area contributed by atoms with E-state index in [1.807, 2.05) is 0 Å². The Morgan fingerprint density at radius 1 is 0.688 bits per heavy atom. The SMILES string of the molecule is CC(C)C1c2ccccc2C[C@H]1OCC#CC#CCO[C@@H]1Cc2ccccc2[C@@H]1C(C)C. The third-order valence-electron chi connectivity index (χ3n) is 6.89. The number of hydrogen-bond donors (Lipinski definition) is 0. The Balaban J connectivity index is 1.25. The lowest BCUT2D eigenvalue weighted by Crippen LogP contribution is -2.22. The average molecular weight is 427 g/mol. The van der Waals surface area contributed by atoms with Crippen LogP contribution >= 0.6 is 0 Å². The highest BCUT2D eigenvalue weighted by molar-refractivity contribution is 5.38. The van der Waals surface area contributed by atoms with E-state index in [1.54, 1.807) is 0 Å². The van der Waals surface area contributed by atoms with Crippen molar-refractivity contribution in [3.8, 4) is 23.7 Å². The molecule has 1 unspecified atom stereocenters. The van der Waals surface area contributed by atoms with Crippen molar-refractivity contribution in [2.45, 2.75) is 64.6 Å². The number of fused-ring (bicyclic) bond motifs is 2. The fourth-order valence-corrected chi connectivity index (χ4v) is 5.54. The molecule has 0 radical (unpaired) electrons. The predicted molar refractivity (Wildman–Crippen MR) is 130 cm³/mol. The molecule has 0 saturated carbocycles. The molecule has 2 aromatic rings. The summed E-state index contributed by atoms with van der Waals surface area (Å²) in [7, 11) is 0. The van der Waals surface area contributed by atoms with E-state index in [1.165, 1.54) is 22.3 Å². The monoisotopic (exact) mass is 426 g/mol. The van der Waals surface area contributed by atoms with Crippen LogP contribution in [0.25, 0.3) is 0 Å². The zero-order valence-corrected chi connectivity index (χ0v) is 19.7. The molecule has 0 bridgehead atoms. The maximum Gasteiger partial charge on any atom is 0.109 e. The van der Waals surface area contributed by atoms with Crippen LogP contribution in [0.3, 0.4) is 0 Å². The van der Waals surface area contributed by atoms with Crippen molar-refractivity contribution < 1.29 is 9.47 Å². The van der Waals surface area contributed by atoms with Crippen LogP contribution in [0.15, 0.2) is 48.5 Å². The summed E-state index contributed by atoms with van der Waals surface area (Å²) in [5.41, 5.74) is 5.70. The smallest absolute Gasteiger partial charge is 0.109 e. The van der Waals surface area contributed by atoms with Gasteiger partial charge in [0, 0.05) is 11.8 Å². The van der Waals surface area contributed by atoms with Crippen molar-refractivity contribution in [3.63, 3.8) is 0 Å². The van der Waals surface area contributed by atoms with Crippen molar-refractivity contribution in [2.24, 2.45) is 11.8 Å². The summed E-state index contributed by atoms with van der Waals surface area (Å²) in [5, 5.41) is 0. The second kappa shape index (κ2) is 10.4. The third-order valence-corrected chi connectivity index (χ3v) is 6.89. The van der Waals surface area contributed by atoms with Crippen LogP contribution in [0.4, 0.5) is 0 Å². The van der Waals surface area contributed by atoms with Gasteiger partial charge in [-0.25, -0.2) is 0 Å². The van der Waals surface area contributed by atoms with Crippen molar-refractivity contribution in [1.82, 2.24) is 0 Å². The summed E-state index contributed by atoms with van der Waals surface area (Å²) < 4.78 is 12.3. The lowest BCUT2D eigenvalue weighted by Gasteiger charge is -2.23. The highest BCUT2D eigenvalue weighted by atomic mass is 16.5. The molecule has 0 saturated heterocycles. The van der Waals surface area contributed by atoms with Crippen molar-refractivity contribution >= 4 is 0 Å². The average Bonchev–Trinajstić information content (AvgIpc) is 3.33.